The number of benzene rings is 1. The van der Waals surface area contributed by atoms with Crippen molar-refractivity contribution < 1.29 is 27.5 Å². The van der Waals surface area contributed by atoms with Gasteiger partial charge in [-0.25, -0.2) is 18.2 Å². The van der Waals surface area contributed by atoms with Gasteiger partial charge in [-0.05, 0) is 119 Å². The summed E-state index contributed by atoms with van der Waals surface area (Å²) in [5.74, 6) is 1.89. The van der Waals surface area contributed by atoms with Crippen LogP contribution in [0.1, 0.15) is 87.7 Å². The van der Waals surface area contributed by atoms with Crippen molar-refractivity contribution in [2.45, 2.75) is 93.7 Å². The lowest BCUT2D eigenvalue weighted by Crippen LogP contribution is -2.50. The van der Waals surface area contributed by atoms with Crippen molar-refractivity contribution in [3.8, 4) is 0 Å². The molecule has 1 amide bonds. The number of carbonyl (C=O) groups excluding carboxylic acids is 2. The summed E-state index contributed by atoms with van der Waals surface area (Å²) in [4.78, 5) is 30.6. The molecule has 5 saturated carbocycles. The molecule has 5 aliphatic rings. The number of nitrogens with zero attached hydrogens (tertiary/aromatic N) is 1. The number of hydrogen-bond acceptors (Lipinski definition) is 7. The Balaban J connectivity index is 1.22. The van der Waals surface area contributed by atoms with Gasteiger partial charge >= 0.3 is 5.97 Å². The number of esters is 1. The maximum absolute atomic E-state index is 13.7. The molecule has 2 aromatic rings. The van der Waals surface area contributed by atoms with Gasteiger partial charge in [0.1, 0.15) is 11.4 Å². The van der Waals surface area contributed by atoms with E-state index in [0.29, 0.717) is 41.6 Å². The summed E-state index contributed by atoms with van der Waals surface area (Å²) in [7, 11) is -3.33. The standard InChI is InChI=1S/C31H38N2O6S/c1-31(2,3)39-30(35)21-6-11-26(32-17-21)33-29(34)28(20-4-7-24(8-5-20)40(36,37)25-9-10-25)38-27-22-13-18-12-19(15-22)16-23(27)14-18/h4-8,11,17-19,22-23,25,27-28H,9-10,12-16H2,1-3H3,(H,32,33,34). The first-order chi connectivity index (χ1) is 19.0. The SMILES string of the molecule is CC(C)(C)OC(=O)c1ccc(NC(=O)C(OC2C3CC4CC(C3)CC2C4)c2ccc(S(=O)(=O)C3CC3)cc2)nc1. The molecule has 0 radical (unpaired) electrons. The highest BCUT2D eigenvalue weighted by Gasteiger charge is 2.50. The highest BCUT2D eigenvalue weighted by atomic mass is 32.2. The van der Waals surface area contributed by atoms with E-state index >= 15 is 0 Å². The lowest BCUT2D eigenvalue weighted by atomic mass is 9.55. The second-order valence-electron chi connectivity index (χ2n) is 13.1. The van der Waals surface area contributed by atoms with E-state index in [4.69, 9.17) is 9.47 Å². The van der Waals surface area contributed by atoms with Crippen LogP contribution in [0.4, 0.5) is 5.82 Å². The molecular formula is C31H38N2O6S. The molecule has 5 aliphatic carbocycles. The van der Waals surface area contributed by atoms with Crippen molar-refractivity contribution in [3.63, 3.8) is 0 Å². The Kier molecular flexibility index (Phi) is 7.02. The van der Waals surface area contributed by atoms with Crippen LogP contribution in [0.3, 0.4) is 0 Å². The van der Waals surface area contributed by atoms with Gasteiger partial charge in [0, 0.05) is 6.20 Å². The topological polar surface area (TPSA) is 112 Å². The van der Waals surface area contributed by atoms with Gasteiger partial charge < -0.3 is 14.8 Å². The number of carbonyl (C=O) groups is 2. The maximum atomic E-state index is 13.7. The third-order valence-corrected chi connectivity index (χ3v) is 11.1. The highest BCUT2D eigenvalue weighted by Crippen LogP contribution is 2.55. The molecule has 8 nitrogen and oxygen atoms in total. The van der Waals surface area contributed by atoms with Gasteiger partial charge in [-0.15, -0.1) is 0 Å². The molecule has 7 rings (SSSR count). The number of anilines is 1. The monoisotopic (exact) mass is 566 g/mol. The van der Waals surface area contributed by atoms with E-state index in [2.05, 4.69) is 10.3 Å². The molecule has 1 N–H and O–H groups in total. The predicted molar refractivity (Wildman–Crippen MR) is 149 cm³/mol. The molecule has 1 unspecified atom stereocenters. The first kappa shape index (κ1) is 27.4. The second kappa shape index (κ2) is 10.2. The summed E-state index contributed by atoms with van der Waals surface area (Å²) >= 11 is 0. The molecule has 0 aliphatic heterocycles. The van der Waals surface area contributed by atoms with Crippen molar-refractivity contribution >= 4 is 27.5 Å². The van der Waals surface area contributed by atoms with Crippen molar-refractivity contribution in [2.24, 2.45) is 23.7 Å². The van der Waals surface area contributed by atoms with Gasteiger partial charge in [-0.2, -0.15) is 0 Å². The first-order valence-corrected chi connectivity index (χ1v) is 16.0. The van der Waals surface area contributed by atoms with E-state index < -0.39 is 27.5 Å². The van der Waals surface area contributed by atoms with Crippen molar-refractivity contribution in [1.82, 2.24) is 4.98 Å². The van der Waals surface area contributed by atoms with E-state index in [1.165, 1.54) is 12.6 Å². The predicted octanol–water partition coefficient (Wildman–Crippen LogP) is 5.49. The molecule has 4 bridgehead atoms. The molecule has 1 atom stereocenters. The zero-order valence-corrected chi connectivity index (χ0v) is 24.2. The van der Waals surface area contributed by atoms with Gasteiger partial charge in [-0.1, -0.05) is 12.1 Å². The smallest absolute Gasteiger partial charge is 0.340 e. The first-order valence-electron chi connectivity index (χ1n) is 14.5. The van der Waals surface area contributed by atoms with Crippen LogP contribution in [0.2, 0.25) is 0 Å². The Morgan fingerprint density at radius 2 is 1.55 bits per heavy atom. The van der Waals surface area contributed by atoms with E-state index in [1.807, 2.05) is 0 Å². The molecule has 5 fully saturated rings. The van der Waals surface area contributed by atoms with Crippen LogP contribution >= 0.6 is 0 Å². The Hall–Kier alpha value is -2.78. The van der Waals surface area contributed by atoms with E-state index in [-0.39, 0.29) is 22.2 Å². The van der Waals surface area contributed by atoms with Crippen LogP contribution < -0.4 is 5.32 Å². The van der Waals surface area contributed by atoms with Crippen molar-refractivity contribution in [3.05, 3.63) is 53.7 Å². The Labute approximate surface area is 236 Å². The summed E-state index contributed by atoms with van der Waals surface area (Å²) in [5.41, 5.74) is 0.285. The van der Waals surface area contributed by atoms with Crippen LogP contribution in [0, 0.1) is 23.7 Å². The third kappa shape index (κ3) is 5.68. The van der Waals surface area contributed by atoms with E-state index in [9.17, 15) is 18.0 Å². The maximum Gasteiger partial charge on any atom is 0.340 e. The van der Waals surface area contributed by atoms with Crippen molar-refractivity contribution in [2.75, 3.05) is 5.32 Å². The fraction of sp³-hybridized carbons (Fsp3) is 0.581. The number of pyridine rings is 1. The third-order valence-electron chi connectivity index (χ3n) is 8.80. The fourth-order valence-electron chi connectivity index (χ4n) is 7.07. The van der Waals surface area contributed by atoms with Gasteiger partial charge in [0.25, 0.3) is 5.91 Å². The van der Waals surface area contributed by atoms with Crippen molar-refractivity contribution in [1.29, 1.82) is 0 Å². The summed E-state index contributed by atoms with van der Waals surface area (Å²) in [6.45, 7) is 5.39. The average molecular weight is 567 g/mol. The van der Waals surface area contributed by atoms with E-state index in [0.717, 1.165) is 37.5 Å². The van der Waals surface area contributed by atoms with Crippen LogP contribution in [0.25, 0.3) is 0 Å². The Morgan fingerprint density at radius 3 is 2.08 bits per heavy atom. The minimum absolute atomic E-state index is 0.000858. The molecule has 1 aromatic heterocycles. The molecule has 9 heteroatoms. The zero-order chi connectivity index (χ0) is 28.2. The molecule has 1 heterocycles. The Morgan fingerprint density at radius 1 is 0.925 bits per heavy atom. The van der Waals surface area contributed by atoms with Crippen LogP contribution in [-0.4, -0.2) is 42.2 Å². The summed E-state index contributed by atoms with van der Waals surface area (Å²) < 4.78 is 37.6. The summed E-state index contributed by atoms with van der Waals surface area (Å²) in [5, 5.41) is 2.56. The zero-order valence-electron chi connectivity index (χ0n) is 23.3. The summed E-state index contributed by atoms with van der Waals surface area (Å²) in [6.07, 6.45) is 7.80. The molecule has 214 valence electrons. The molecule has 1 aromatic carbocycles. The Bertz CT molecular complexity index is 1350. The number of ether oxygens (including phenoxy) is 2. The van der Waals surface area contributed by atoms with Gasteiger partial charge in [-0.3, -0.25) is 4.79 Å². The van der Waals surface area contributed by atoms with Crippen LogP contribution in [-0.2, 0) is 24.1 Å². The molecular weight excluding hydrogens is 528 g/mol. The quantitative estimate of drug-likeness (QED) is 0.420. The normalized spacial score (nSPS) is 28.2. The van der Waals surface area contributed by atoms with Crippen LogP contribution in [0.5, 0.6) is 0 Å². The number of hydrogen-bond donors (Lipinski definition) is 1. The molecule has 0 spiro atoms. The minimum Gasteiger partial charge on any atom is -0.456 e. The second-order valence-corrected chi connectivity index (χ2v) is 15.4. The van der Waals surface area contributed by atoms with Gasteiger partial charge in [0.15, 0.2) is 15.9 Å². The summed E-state index contributed by atoms with van der Waals surface area (Å²) in [6, 6.07) is 9.74. The molecule has 40 heavy (non-hydrogen) atoms. The van der Waals surface area contributed by atoms with Gasteiger partial charge in [0.05, 0.1) is 21.8 Å². The number of nitrogens with one attached hydrogen (secondary N) is 1. The highest BCUT2D eigenvalue weighted by molar-refractivity contribution is 7.92. The lowest BCUT2D eigenvalue weighted by Gasteiger charge is -2.54. The number of rotatable bonds is 8. The lowest BCUT2D eigenvalue weighted by molar-refractivity contribution is -0.163. The molecule has 0 saturated heterocycles. The largest absolute Gasteiger partial charge is 0.456 e. The van der Waals surface area contributed by atoms with E-state index in [1.54, 1.807) is 57.2 Å². The minimum atomic E-state index is -3.33. The average Bonchev–Trinajstić information content (AvgIpc) is 3.74. The van der Waals surface area contributed by atoms with Crippen LogP contribution in [0.15, 0.2) is 47.5 Å². The number of amides is 1. The fourth-order valence-corrected chi connectivity index (χ4v) is 8.72. The van der Waals surface area contributed by atoms with Gasteiger partial charge in [0.2, 0.25) is 0 Å². The number of aromatic nitrogens is 1. The number of sulfone groups is 1.